The van der Waals surface area contributed by atoms with Crippen LogP contribution in [0.2, 0.25) is 0 Å². The minimum absolute atomic E-state index is 0.172. The number of hydrogen-bond donors (Lipinski definition) is 1. The van der Waals surface area contributed by atoms with Crippen LogP contribution in [0.25, 0.3) is 10.8 Å². The molecule has 2 aromatic carbocycles. The van der Waals surface area contributed by atoms with E-state index in [1.54, 1.807) is 0 Å². The van der Waals surface area contributed by atoms with Gasteiger partial charge >= 0.3 is 5.97 Å². The van der Waals surface area contributed by atoms with Gasteiger partial charge in [0.2, 0.25) is 0 Å². The van der Waals surface area contributed by atoms with E-state index in [-0.39, 0.29) is 12.1 Å². The average molecular weight is 329 g/mol. The fourth-order valence-corrected chi connectivity index (χ4v) is 2.45. The van der Waals surface area contributed by atoms with Crippen molar-refractivity contribution in [3.8, 4) is 5.75 Å². The second kappa shape index (κ2) is 9.28. The molecule has 4 heteroatoms. The molecule has 24 heavy (non-hydrogen) atoms. The zero-order chi connectivity index (χ0) is 17.4. The quantitative estimate of drug-likeness (QED) is 0.708. The molecule has 0 unspecified atom stereocenters. The summed E-state index contributed by atoms with van der Waals surface area (Å²) in [6.07, 6.45) is 0.921. The average Bonchev–Trinajstić information content (AvgIpc) is 2.57. The van der Waals surface area contributed by atoms with E-state index in [2.05, 4.69) is 31.3 Å². The Labute approximate surface area is 144 Å². The van der Waals surface area contributed by atoms with Gasteiger partial charge in [-0.05, 0) is 17.9 Å². The minimum Gasteiger partial charge on any atom is -0.489 e. The molecule has 0 aliphatic rings. The van der Waals surface area contributed by atoms with Crippen molar-refractivity contribution in [2.45, 2.75) is 45.8 Å². The summed E-state index contributed by atoms with van der Waals surface area (Å²) in [5, 5.41) is 5.51. The molecular weight excluding hydrogens is 302 g/mol. The predicted molar refractivity (Wildman–Crippen MR) is 97.4 cm³/mol. The molecule has 0 bridgehead atoms. The van der Waals surface area contributed by atoms with Gasteiger partial charge in [-0.25, -0.2) is 0 Å². The van der Waals surface area contributed by atoms with Crippen molar-refractivity contribution in [2.75, 3.05) is 13.2 Å². The van der Waals surface area contributed by atoms with Crippen molar-refractivity contribution in [3.63, 3.8) is 0 Å². The molecule has 1 N–H and O–H groups in total. The van der Waals surface area contributed by atoms with Crippen LogP contribution in [0, 0.1) is 0 Å². The van der Waals surface area contributed by atoms with E-state index in [1.807, 2.05) is 37.3 Å². The number of hydrogen-bond acceptors (Lipinski definition) is 4. The summed E-state index contributed by atoms with van der Waals surface area (Å²) < 4.78 is 11.5. The van der Waals surface area contributed by atoms with Gasteiger partial charge in [0.15, 0.2) is 0 Å². The van der Waals surface area contributed by atoms with Crippen molar-refractivity contribution in [1.29, 1.82) is 0 Å². The van der Waals surface area contributed by atoms with Crippen molar-refractivity contribution in [1.82, 2.24) is 5.32 Å². The molecule has 0 aliphatic heterocycles. The first-order valence-corrected chi connectivity index (χ1v) is 8.63. The van der Waals surface area contributed by atoms with Crippen LogP contribution in [-0.2, 0) is 9.53 Å². The lowest BCUT2D eigenvalue weighted by Crippen LogP contribution is -2.38. The Kier molecular flexibility index (Phi) is 7.07. The number of carbonyl (C=O) groups is 1. The number of rotatable bonds is 9. The maximum absolute atomic E-state index is 11.8. The molecule has 0 saturated carbocycles. The molecule has 130 valence electrons. The fraction of sp³-hybridized carbons (Fsp3) is 0.450. The largest absolute Gasteiger partial charge is 0.489 e. The zero-order valence-electron chi connectivity index (χ0n) is 14.7. The molecule has 1 atom stereocenters. The molecule has 0 aromatic heterocycles. The third-order valence-corrected chi connectivity index (χ3v) is 3.68. The standard InChI is InChI=1S/C20H27NO3/c1-4-8-20(22)24-17(13-21-15(2)3)14-23-19-12-7-10-16-9-5-6-11-18(16)19/h5-7,9-12,15,17,21H,4,8,13-14H2,1-3H3/t17-/m1/s1. The van der Waals surface area contributed by atoms with E-state index >= 15 is 0 Å². The lowest BCUT2D eigenvalue weighted by Gasteiger charge is -2.21. The van der Waals surface area contributed by atoms with Crippen molar-refractivity contribution in [2.24, 2.45) is 0 Å². The van der Waals surface area contributed by atoms with Crippen LogP contribution in [0.1, 0.15) is 33.6 Å². The third kappa shape index (κ3) is 5.53. The summed E-state index contributed by atoms with van der Waals surface area (Å²) in [6.45, 7) is 7.02. The molecule has 2 rings (SSSR count). The summed E-state index contributed by atoms with van der Waals surface area (Å²) in [7, 11) is 0. The Morgan fingerprint density at radius 1 is 1.12 bits per heavy atom. The number of esters is 1. The van der Waals surface area contributed by atoms with Crippen LogP contribution in [-0.4, -0.2) is 31.3 Å². The molecule has 2 aromatic rings. The highest BCUT2D eigenvalue weighted by atomic mass is 16.6. The van der Waals surface area contributed by atoms with Crippen LogP contribution in [0.4, 0.5) is 0 Å². The SMILES string of the molecule is CCCC(=O)O[C@H](CNC(C)C)COc1cccc2ccccc12. The molecule has 0 radical (unpaired) electrons. The highest BCUT2D eigenvalue weighted by Crippen LogP contribution is 2.25. The third-order valence-electron chi connectivity index (χ3n) is 3.68. The van der Waals surface area contributed by atoms with Crippen LogP contribution in [0.5, 0.6) is 5.75 Å². The van der Waals surface area contributed by atoms with Gasteiger partial charge in [-0.3, -0.25) is 4.79 Å². The van der Waals surface area contributed by atoms with Gasteiger partial charge in [0.25, 0.3) is 0 Å². The first kappa shape index (κ1) is 18.3. The Hall–Kier alpha value is -2.07. The number of carbonyl (C=O) groups excluding carboxylic acids is 1. The van der Waals surface area contributed by atoms with Gasteiger partial charge < -0.3 is 14.8 Å². The number of fused-ring (bicyclic) bond motifs is 1. The molecule has 0 amide bonds. The second-order valence-electron chi connectivity index (χ2n) is 6.21. The van der Waals surface area contributed by atoms with E-state index in [0.29, 0.717) is 25.6 Å². The van der Waals surface area contributed by atoms with Gasteiger partial charge in [-0.2, -0.15) is 0 Å². The van der Waals surface area contributed by atoms with Crippen LogP contribution < -0.4 is 10.1 Å². The van der Waals surface area contributed by atoms with Crippen LogP contribution in [0.15, 0.2) is 42.5 Å². The summed E-state index contributed by atoms with van der Waals surface area (Å²) in [5.41, 5.74) is 0. The van der Waals surface area contributed by atoms with Crippen molar-refractivity contribution < 1.29 is 14.3 Å². The summed E-state index contributed by atoms with van der Waals surface area (Å²) in [6, 6.07) is 14.4. The monoisotopic (exact) mass is 329 g/mol. The number of nitrogens with one attached hydrogen (secondary N) is 1. The molecule has 0 fully saturated rings. The van der Waals surface area contributed by atoms with Crippen LogP contribution >= 0.6 is 0 Å². The predicted octanol–water partition coefficient (Wildman–Crippen LogP) is 3.93. The summed E-state index contributed by atoms with van der Waals surface area (Å²) >= 11 is 0. The molecular formula is C20H27NO3. The Bertz CT molecular complexity index is 649. The molecule has 0 heterocycles. The first-order valence-electron chi connectivity index (χ1n) is 8.63. The second-order valence-corrected chi connectivity index (χ2v) is 6.21. The van der Waals surface area contributed by atoms with Crippen molar-refractivity contribution in [3.05, 3.63) is 42.5 Å². The minimum atomic E-state index is -0.301. The number of benzene rings is 2. The summed E-state index contributed by atoms with van der Waals surface area (Å²) in [4.78, 5) is 11.8. The normalized spacial score (nSPS) is 12.3. The van der Waals surface area contributed by atoms with Gasteiger partial charge in [0, 0.05) is 24.4 Å². The van der Waals surface area contributed by atoms with Crippen molar-refractivity contribution >= 4 is 16.7 Å². The smallest absolute Gasteiger partial charge is 0.306 e. The molecule has 0 saturated heterocycles. The van der Waals surface area contributed by atoms with Crippen LogP contribution in [0.3, 0.4) is 0 Å². The van der Waals surface area contributed by atoms with E-state index in [1.165, 1.54) is 0 Å². The van der Waals surface area contributed by atoms with E-state index in [4.69, 9.17) is 9.47 Å². The van der Waals surface area contributed by atoms with Gasteiger partial charge in [0.05, 0.1) is 0 Å². The van der Waals surface area contributed by atoms with E-state index in [9.17, 15) is 4.79 Å². The lowest BCUT2D eigenvalue weighted by atomic mass is 10.1. The van der Waals surface area contributed by atoms with Gasteiger partial charge in [-0.1, -0.05) is 57.2 Å². The maximum Gasteiger partial charge on any atom is 0.306 e. The highest BCUT2D eigenvalue weighted by Gasteiger charge is 2.16. The Morgan fingerprint density at radius 3 is 2.62 bits per heavy atom. The number of ether oxygens (including phenoxy) is 2. The zero-order valence-corrected chi connectivity index (χ0v) is 14.7. The topological polar surface area (TPSA) is 47.6 Å². The van der Waals surface area contributed by atoms with E-state index in [0.717, 1.165) is 22.9 Å². The fourth-order valence-electron chi connectivity index (χ4n) is 2.45. The molecule has 0 aliphatic carbocycles. The molecule has 0 spiro atoms. The van der Waals surface area contributed by atoms with Gasteiger partial charge in [0.1, 0.15) is 18.5 Å². The Balaban J connectivity index is 2.03. The van der Waals surface area contributed by atoms with E-state index < -0.39 is 0 Å². The Morgan fingerprint density at radius 2 is 1.88 bits per heavy atom. The van der Waals surface area contributed by atoms with Gasteiger partial charge in [-0.15, -0.1) is 0 Å². The lowest BCUT2D eigenvalue weighted by molar-refractivity contribution is -0.150. The molecule has 4 nitrogen and oxygen atoms in total. The maximum atomic E-state index is 11.8. The highest BCUT2D eigenvalue weighted by molar-refractivity contribution is 5.88. The first-order chi connectivity index (χ1) is 11.6. The summed E-state index contributed by atoms with van der Waals surface area (Å²) in [5.74, 6) is 0.642.